The number of likely N-dealkylation sites (N-methyl/N-ethyl adjacent to an activating group) is 2. The lowest BCUT2D eigenvalue weighted by Crippen LogP contribution is -2.43. The van der Waals surface area contributed by atoms with Gasteiger partial charge in [0.2, 0.25) is 0 Å². The van der Waals surface area contributed by atoms with Crippen LogP contribution in [0, 0.1) is 49.2 Å². The summed E-state index contributed by atoms with van der Waals surface area (Å²) in [4.78, 5) is 0. The summed E-state index contributed by atoms with van der Waals surface area (Å²) in [7, 11) is 1.34. The third kappa shape index (κ3) is 12.6. The van der Waals surface area contributed by atoms with Gasteiger partial charge in [0.15, 0.2) is 0 Å². The summed E-state index contributed by atoms with van der Waals surface area (Å²) in [6, 6.07) is 0. The Bertz CT molecular complexity index is 2310. The summed E-state index contributed by atoms with van der Waals surface area (Å²) >= 11 is 0. The highest BCUT2D eigenvalue weighted by molar-refractivity contribution is 7.45. The Kier molecular flexibility index (Phi) is 16.1. The van der Waals surface area contributed by atoms with Crippen LogP contribution in [-0.2, 0) is 18.1 Å². The Hall–Kier alpha value is -1.88. The van der Waals surface area contributed by atoms with Gasteiger partial charge < -0.3 is 13.6 Å². The monoisotopic (exact) mass is 999 g/mol. The molecule has 6 rings (SSSR count). The Morgan fingerprint density at radius 2 is 0.971 bits per heavy atom. The second kappa shape index (κ2) is 19.7. The number of rotatable bonds is 5. The first-order valence-corrected chi connectivity index (χ1v) is 29.1. The van der Waals surface area contributed by atoms with Crippen molar-refractivity contribution < 1.29 is 18.1 Å². The molecule has 0 amide bonds. The van der Waals surface area contributed by atoms with Crippen molar-refractivity contribution in [1.29, 1.82) is 0 Å². The van der Waals surface area contributed by atoms with Crippen molar-refractivity contribution in [2.24, 2.45) is 49.2 Å². The summed E-state index contributed by atoms with van der Waals surface area (Å²) in [5.41, 5.74) is 14.6. The molecule has 4 aliphatic carbocycles. The molecule has 6 unspecified atom stereocenters. The molecule has 2 heterocycles. The molecule has 0 aromatic rings. The molecule has 0 aromatic heterocycles. The number of fused-ring (bicyclic) bond motifs is 4. The minimum atomic E-state index is -1.57. The molecule has 70 heavy (non-hydrogen) atoms. The highest BCUT2D eigenvalue weighted by atomic mass is 31.2. The fourth-order valence-electron chi connectivity index (χ4n) is 10.7. The lowest BCUT2D eigenvalue weighted by atomic mass is 9.65. The van der Waals surface area contributed by atoms with Gasteiger partial charge in [-0.1, -0.05) is 219 Å². The van der Waals surface area contributed by atoms with Crippen LogP contribution in [0.15, 0.2) is 104 Å². The van der Waals surface area contributed by atoms with Gasteiger partial charge in [0, 0.05) is 30.0 Å². The van der Waals surface area contributed by atoms with Crippen molar-refractivity contribution in [3.05, 3.63) is 104 Å². The largest absolute Gasteiger partial charge is 0.439 e. The lowest BCUT2D eigenvalue weighted by Gasteiger charge is -2.49. The molecule has 0 saturated heterocycles. The lowest BCUT2D eigenvalue weighted by molar-refractivity contribution is 0.0207. The average Bonchev–Trinajstić information content (AvgIpc) is 3.17. The predicted octanol–water partition coefficient (Wildman–Crippen LogP) is 18.5. The van der Waals surface area contributed by atoms with Gasteiger partial charge in [0.05, 0.1) is 6.10 Å². The van der Waals surface area contributed by atoms with Gasteiger partial charge in [-0.25, -0.2) is 9.34 Å². The van der Waals surface area contributed by atoms with E-state index in [1.807, 2.05) is 0 Å². The predicted molar refractivity (Wildman–Crippen MR) is 302 cm³/mol. The Balaban J connectivity index is 1.44. The van der Waals surface area contributed by atoms with Crippen LogP contribution in [0.1, 0.15) is 192 Å². The molecule has 6 atom stereocenters. The molecule has 0 spiro atoms. The van der Waals surface area contributed by atoms with Gasteiger partial charge in [0.1, 0.15) is 18.0 Å². The highest BCUT2D eigenvalue weighted by Gasteiger charge is 2.48. The van der Waals surface area contributed by atoms with Crippen LogP contribution in [0.4, 0.5) is 0 Å². The van der Waals surface area contributed by atoms with E-state index in [1.54, 1.807) is 0 Å². The van der Waals surface area contributed by atoms with Crippen molar-refractivity contribution in [3.63, 3.8) is 0 Å². The summed E-state index contributed by atoms with van der Waals surface area (Å²) in [6.45, 7) is 57.8. The number of hydrogen-bond donors (Lipinski definition) is 0. The third-order valence-corrected chi connectivity index (χ3v) is 18.5. The maximum absolute atomic E-state index is 7.63. The minimum Gasteiger partial charge on any atom is -0.439 e. The zero-order valence-corrected chi connectivity index (χ0v) is 51.2. The molecule has 8 heteroatoms. The summed E-state index contributed by atoms with van der Waals surface area (Å²) < 4.78 is 35.1. The van der Waals surface area contributed by atoms with E-state index in [9.17, 15) is 0 Å². The molecule has 392 valence electrons. The average molecular weight is 999 g/mol. The summed E-state index contributed by atoms with van der Waals surface area (Å²) in [6.07, 6.45) is 18.4. The molecule has 6 aliphatic rings. The second-order valence-corrected chi connectivity index (χ2v) is 33.0. The molecule has 0 saturated carbocycles. The van der Waals surface area contributed by atoms with Gasteiger partial charge in [-0.3, -0.25) is 4.52 Å². The van der Waals surface area contributed by atoms with E-state index >= 15 is 0 Å². The van der Waals surface area contributed by atoms with Crippen LogP contribution in [0.25, 0.3) is 0 Å². The molecule has 0 aromatic carbocycles. The van der Waals surface area contributed by atoms with E-state index in [0.29, 0.717) is 13.1 Å². The standard InChI is InChI=1S/C62H100N2O4P2/c1-55(2,3)39-27-29-43-45-35-41(57(7,8)9)37-49(59(13,14)15)51(45)65-69(67-53(47(43)33-39)61(19,20)21)63(25)31-32-64(26)70-66-52-46(36-42(58(10,11)12)38-50(52)60(16,17)18)44-30-28-40(56(4,5)6)34-48(44)54(68-70)62(22,23)24/h27,34-38,47,51-53H,28-33H2,1-26H3/b45-43-,46-44-,54-48?. The van der Waals surface area contributed by atoms with Crippen LogP contribution < -0.4 is 0 Å². The van der Waals surface area contributed by atoms with Crippen LogP contribution >= 0.6 is 17.1 Å². The topological polar surface area (TPSA) is 43.4 Å². The van der Waals surface area contributed by atoms with Crippen LogP contribution in [-0.4, -0.2) is 54.8 Å². The number of allylic oxidation sites excluding steroid dienone is 11. The first kappa shape index (κ1) is 57.4. The fraction of sp³-hybridized carbons (Fsp3) is 0.710. The van der Waals surface area contributed by atoms with E-state index < -0.39 is 17.1 Å². The molecule has 0 bridgehead atoms. The first-order chi connectivity index (χ1) is 31.6. The van der Waals surface area contributed by atoms with Crippen molar-refractivity contribution in [2.45, 2.75) is 210 Å². The van der Waals surface area contributed by atoms with Gasteiger partial charge in [0.25, 0.3) is 8.53 Å². The summed E-state index contributed by atoms with van der Waals surface area (Å²) in [5, 5.41) is 0. The molecular weight excluding hydrogens is 899 g/mol. The first-order valence-electron chi connectivity index (χ1n) is 26.8. The van der Waals surface area contributed by atoms with Crippen molar-refractivity contribution in [2.75, 3.05) is 27.2 Å². The van der Waals surface area contributed by atoms with Gasteiger partial charge in [-0.05, 0) is 117 Å². The van der Waals surface area contributed by atoms with Crippen molar-refractivity contribution >= 4 is 17.1 Å². The molecule has 0 radical (unpaired) electrons. The third-order valence-electron chi connectivity index (χ3n) is 15.4. The SMILES string of the molecule is CN(CCN(C)P1OC2C(C(C)(C)C)=CC(C(C)(C)C)=C/C2=C2\CC=C(C(C)(C)C)CC2C(C(C)(C)C)O1)P1OC(C(C)(C)C)=C2C=C(C(C)(C)C)CC/C2=C2\C=C(C(C)(C)C)C=C(C(C)(C)C)C2O1. The highest BCUT2D eigenvalue weighted by Crippen LogP contribution is 2.61. The van der Waals surface area contributed by atoms with E-state index in [1.165, 1.54) is 61.3 Å². The zero-order chi connectivity index (χ0) is 52.9. The fourth-order valence-corrected chi connectivity index (χ4v) is 13.9. The van der Waals surface area contributed by atoms with Crippen molar-refractivity contribution in [1.82, 2.24) is 9.34 Å². The smallest absolute Gasteiger partial charge is 0.321 e. The van der Waals surface area contributed by atoms with Crippen LogP contribution in [0.5, 0.6) is 0 Å². The van der Waals surface area contributed by atoms with Gasteiger partial charge in [-0.2, -0.15) is 0 Å². The van der Waals surface area contributed by atoms with Crippen LogP contribution in [0.2, 0.25) is 0 Å². The zero-order valence-electron chi connectivity index (χ0n) is 49.4. The quantitative estimate of drug-likeness (QED) is 0.202. The molecule has 6 nitrogen and oxygen atoms in total. The van der Waals surface area contributed by atoms with Crippen LogP contribution in [0.3, 0.4) is 0 Å². The van der Waals surface area contributed by atoms with E-state index in [0.717, 1.165) is 31.4 Å². The molecule has 2 aliphatic heterocycles. The Morgan fingerprint density at radius 3 is 1.43 bits per heavy atom. The Morgan fingerprint density at radius 1 is 0.500 bits per heavy atom. The maximum atomic E-state index is 7.63. The molecule has 0 fully saturated rings. The van der Waals surface area contributed by atoms with E-state index in [2.05, 4.69) is 226 Å². The number of nitrogens with zero attached hydrogens (tertiary/aromatic N) is 2. The van der Waals surface area contributed by atoms with Crippen molar-refractivity contribution in [3.8, 4) is 0 Å². The normalized spacial score (nSPS) is 29.2. The maximum Gasteiger partial charge on any atom is 0.321 e. The van der Waals surface area contributed by atoms with Gasteiger partial charge in [-0.15, -0.1) is 0 Å². The summed E-state index contributed by atoms with van der Waals surface area (Å²) in [5.74, 6) is 1.26. The molecule has 0 N–H and O–H groups in total. The Labute approximate surface area is 432 Å². The second-order valence-electron chi connectivity index (χ2n) is 29.9. The van der Waals surface area contributed by atoms with E-state index in [4.69, 9.17) is 18.1 Å². The molecular formula is C62H100N2O4P2. The van der Waals surface area contributed by atoms with E-state index in [-0.39, 0.29) is 67.5 Å². The minimum absolute atomic E-state index is 0.0156. The van der Waals surface area contributed by atoms with Gasteiger partial charge >= 0.3 is 8.53 Å². The number of hydrogen-bond acceptors (Lipinski definition) is 6.